The molecule has 2 aliphatic heterocycles. The first kappa shape index (κ1) is 15.8. The molecule has 1 N–H and O–H groups in total. The number of aliphatic hydroxyl groups excluding tert-OH is 1. The zero-order valence-electron chi connectivity index (χ0n) is 12.9. The lowest BCUT2D eigenvalue weighted by molar-refractivity contribution is -0.143. The number of nitrogens with zero attached hydrogens (tertiary/aromatic N) is 1. The highest BCUT2D eigenvalue weighted by atomic mass is 16.5. The number of ether oxygens (including phenoxy) is 1. The van der Waals surface area contributed by atoms with Gasteiger partial charge in [0, 0.05) is 31.5 Å². The molecule has 0 radical (unpaired) electrons. The predicted octanol–water partition coefficient (Wildman–Crippen LogP) is 2.20. The second kappa shape index (κ2) is 7.41. The molecule has 2 saturated heterocycles. The van der Waals surface area contributed by atoms with Crippen molar-refractivity contribution in [3.63, 3.8) is 0 Å². The maximum atomic E-state index is 12.7. The second-order valence-electron chi connectivity index (χ2n) is 6.43. The summed E-state index contributed by atoms with van der Waals surface area (Å²) in [6.07, 6.45) is 5.90. The highest BCUT2D eigenvalue weighted by molar-refractivity contribution is 5.79. The number of aliphatic hydroxyl groups is 1. The maximum Gasteiger partial charge on any atom is 0.225 e. The van der Waals surface area contributed by atoms with E-state index in [1.165, 1.54) is 0 Å². The third-order valence-electron chi connectivity index (χ3n) is 4.78. The van der Waals surface area contributed by atoms with Gasteiger partial charge in [-0.3, -0.25) is 4.79 Å². The van der Waals surface area contributed by atoms with Crippen LogP contribution in [-0.4, -0.2) is 47.8 Å². The van der Waals surface area contributed by atoms with E-state index in [0.717, 1.165) is 58.2 Å². The molecule has 0 aromatic carbocycles. The van der Waals surface area contributed by atoms with Gasteiger partial charge in [0.05, 0.1) is 12.2 Å². The molecule has 0 aromatic heterocycles. The van der Waals surface area contributed by atoms with E-state index < -0.39 is 0 Å². The van der Waals surface area contributed by atoms with Crippen LogP contribution in [0.4, 0.5) is 0 Å². The van der Waals surface area contributed by atoms with Gasteiger partial charge in [-0.2, -0.15) is 0 Å². The Morgan fingerprint density at radius 3 is 2.95 bits per heavy atom. The Morgan fingerprint density at radius 2 is 2.25 bits per heavy atom. The van der Waals surface area contributed by atoms with Gasteiger partial charge in [0.1, 0.15) is 0 Å². The lowest BCUT2D eigenvalue weighted by atomic mass is 9.89. The molecule has 1 amide bonds. The van der Waals surface area contributed by atoms with E-state index in [4.69, 9.17) is 4.74 Å². The summed E-state index contributed by atoms with van der Waals surface area (Å²) in [5.74, 6) is 0.673. The van der Waals surface area contributed by atoms with Crippen LogP contribution in [0.25, 0.3) is 0 Å². The summed E-state index contributed by atoms with van der Waals surface area (Å²) in [6.45, 7) is 6.30. The molecule has 0 spiro atoms. The molecule has 0 saturated carbocycles. The molecule has 4 atom stereocenters. The highest BCUT2D eigenvalue weighted by Crippen LogP contribution is 2.27. The topological polar surface area (TPSA) is 49.8 Å². The first-order chi connectivity index (χ1) is 9.61. The van der Waals surface area contributed by atoms with Gasteiger partial charge in [-0.25, -0.2) is 0 Å². The smallest absolute Gasteiger partial charge is 0.225 e. The van der Waals surface area contributed by atoms with Crippen molar-refractivity contribution in [3.8, 4) is 0 Å². The van der Waals surface area contributed by atoms with Gasteiger partial charge in [-0.1, -0.05) is 13.3 Å². The van der Waals surface area contributed by atoms with E-state index in [1.807, 2.05) is 11.8 Å². The molecule has 2 aliphatic rings. The quantitative estimate of drug-likeness (QED) is 0.860. The average molecular weight is 283 g/mol. The molecule has 2 fully saturated rings. The minimum atomic E-state index is -0.312. The van der Waals surface area contributed by atoms with Crippen LogP contribution in [0.1, 0.15) is 52.4 Å². The molecule has 2 heterocycles. The van der Waals surface area contributed by atoms with Gasteiger partial charge in [0.2, 0.25) is 5.91 Å². The molecular formula is C16H29NO3. The van der Waals surface area contributed by atoms with E-state index in [1.54, 1.807) is 0 Å². The van der Waals surface area contributed by atoms with Crippen LogP contribution in [0.15, 0.2) is 0 Å². The Kier molecular flexibility index (Phi) is 5.85. The standard InChI is InChI=1S/C16H29NO3/c1-3-5-15-10-13(7-9-20-15)16(19)17-8-4-6-14(11-17)12(2)18/h12-15,18H,3-11H2,1-2H3. The molecule has 116 valence electrons. The van der Waals surface area contributed by atoms with Gasteiger partial charge in [0.25, 0.3) is 0 Å². The van der Waals surface area contributed by atoms with Crippen molar-refractivity contribution >= 4 is 5.91 Å². The monoisotopic (exact) mass is 283 g/mol. The number of carbonyl (C=O) groups excluding carboxylic acids is 1. The third kappa shape index (κ3) is 3.95. The fourth-order valence-electron chi connectivity index (χ4n) is 3.49. The number of amides is 1. The number of piperidine rings is 1. The van der Waals surface area contributed by atoms with E-state index in [0.29, 0.717) is 5.91 Å². The zero-order chi connectivity index (χ0) is 14.5. The largest absolute Gasteiger partial charge is 0.393 e. The van der Waals surface area contributed by atoms with Crippen molar-refractivity contribution < 1.29 is 14.6 Å². The number of likely N-dealkylation sites (tertiary alicyclic amines) is 1. The zero-order valence-corrected chi connectivity index (χ0v) is 12.9. The molecule has 20 heavy (non-hydrogen) atoms. The normalized spacial score (nSPS) is 33.0. The third-order valence-corrected chi connectivity index (χ3v) is 4.78. The van der Waals surface area contributed by atoms with Gasteiger partial charge in [-0.05, 0) is 39.0 Å². The fraction of sp³-hybridized carbons (Fsp3) is 0.938. The number of hydrogen-bond donors (Lipinski definition) is 1. The Labute approximate surface area is 122 Å². The molecule has 0 aliphatic carbocycles. The van der Waals surface area contributed by atoms with E-state index in [9.17, 15) is 9.90 Å². The van der Waals surface area contributed by atoms with Crippen LogP contribution >= 0.6 is 0 Å². The second-order valence-corrected chi connectivity index (χ2v) is 6.43. The Hall–Kier alpha value is -0.610. The van der Waals surface area contributed by atoms with Crippen molar-refractivity contribution in [2.24, 2.45) is 11.8 Å². The first-order valence-corrected chi connectivity index (χ1v) is 8.20. The molecule has 4 heteroatoms. The first-order valence-electron chi connectivity index (χ1n) is 8.20. The van der Waals surface area contributed by atoms with Crippen LogP contribution in [0.3, 0.4) is 0 Å². The molecule has 4 nitrogen and oxygen atoms in total. The number of carbonyl (C=O) groups is 1. The fourth-order valence-corrected chi connectivity index (χ4v) is 3.49. The lowest BCUT2D eigenvalue weighted by Gasteiger charge is -2.38. The molecule has 0 bridgehead atoms. The van der Waals surface area contributed by atoms with Crippen molar-refractivity contribution in [1.82, 2.24) is 4.90 Å². The summed E-state index contributed by atoms with van der Waals surface area (Å²) in [5.41, 5.74) is 0. The molecule has 2 rings (SSSR count). The minimum Gasteiger partial charge on any atom is -0.393 e. The van der Waals surface area contributed by atoms with Crippen LogP contribution in [0.5, 0.6) is 0 Å². The summed E-state index contributed by atoms with van der Waals surface area (Å²) < 4.78 is 5.73. The number of hydrogen-bond acceptors (Lipinski definition) is 3. The summed E-state index contributed by atoms with van der Waals surface area (Å²) in [7, 11) is 0. The van der Waals surface area contributed by atoms with Gasteiger partial charge >= 0.3 is 0 Å². The van der Waals surface area contributed by atoms with E-state index in [-0.39, 0.29) is 24.0 Å². The highest BCUT2D eigenvalue weighted by Gasteiger charge is 2.33. The van der Waals surface area contributed by atoms with Crippen molar-refractivity contribution in [1.29, 1.82) is 0 Å². The predicted molar refractivity (Wildman–Crippen MR) is 78.4 cm³/mol. The maximum absolute atomic E-state index is 12.7. The van der Waals surface area contributed by atoms with E-state index >= 15 is 0 Å². The summed E-state index contributed by atoms with van der Waals surface area (Å²) in [6, 6.07) is 0. The molecule has 0 aromatic rings. The van der Waals surface area contributed by atoms with Gasteiger partial charge in [0.15, 0.2) is 0 Å². The Bertz CT molecular complexity index is 317. The van der Waals surface area contributed by atoms with Crippen LogP contribution in [0.2, 0.25) is 0 Å². The Balaban J connectivity index is 1.89. The van der Waals surface area contributed by atoms with Gasteiger partial charge in [-0.15, -0.1) is 0 Å². The van der Waals surface area contributed by atoms with Gasteiger partial charge < -0.3 is 14.7 Å². The van der Waals surface area contributed by atoms with Crippen molar-refractivity contribution in [2.45, 2.75) is 64.6 Å². The van der Waals surface area contributed by atoms with E-state index in [2.05, 4.69) is 6.92 Å². The summed E-state index contributed by atoms with van der Waals surface area (Å²) in [4.78, 5) is 14.6. The number of rotatable bonds is 4. The van der Waals surface area contributed by atoms with Crippen molar-refractivity contribution in [2.75, 3.05) is 19.7 Å². The van der Waals surface area contributed by atoms with Crippen LogP contribution in [0, 0.1) is 11.8 Å². The lowest BCUT2D eigenvalue weighted by Crippen LogP contribution is -2.47. The van der Waals surface area contributed by atoms with Crippen LogP contribution < -0.4 is 0 Å². The summed E-state index contributed by atoms with van der Waals surface area (Å²) >= 11 is 0. The average Bonchev–Trinajstić information content (AvgIpc) is 2.47. The SMILES string of the molecule is CCCC1CC(C(=O)N2CCCC(C(C)O)C2)CCO1. The van der Waals surface area contributed by atoms with Crippen LogP contribution in [-0.2, 0) is 9.53 Å². The Morgan fingerprint density at radius 1 is 1.45 bits per heavy atom. The molecule has 4 unspecified atom stereocenters. The minimum absolute atomic E-state index is 0.132. The van der Waals surface area contributed by atoms with Crippen molar-refractivity contribution in [3.05, 3.63) is 0 Å². The summed E-state index contributed by atoms with van der Waals surface area (Å²) in [5, 5.41) is 9.74. The molecular weight excluding hydrogens is 254 g/mol.